The van der Waals surface area contributed by atoms with E-state index < -0.39 is 0 Å². The van der Waals surface area contributed by atoms with Crippen LogP contribution in [-0.2, 0) is 11.2 Å². The van der Waals surface area contributed by atoms with Gasteiger partial charge in [-0.15, -0.1) is 0 Å². The van der Waals surface area contributed by atoms with Crippen molar-refractivity contribution in [3.63, 3.8) is 0 Å². The number of fused-ring (bicyclic) bond motifs is 1. The minimum atomic E-state index is 0.221. The Hall–Kier alpha value is -2.38. The number of benzene rings is 1. The SMILES string of the molecule is C[C@H]1CCc2c(ccc(-c3cnn(C4CCN(CC5CCNCC5)CC4)c3)c2OC2CCC2)N1C(=O)C1CC1. The van der Waals surface area contributed by atoms with Crippen molar-refractivity contribution in [2.75, 3.05) is 37.6 Å². The monoisotopic (exact) mass is 531 g/mol. The number of hydrogen-bond acceptors (Lipinski definition) is 5. The van der Waals surface area contributed by atoms with Crippen LogP contribution in [0.2, 0.25) is 0 Å². The van der Waals surface area contributed by atoms with E-state index in [-0.39, 0.29) is 12.0 Å². The topological polar surface area (TPSA) is 62.6 Å². The summed E-state index contributed by atoms with van der Waals surface area (Å²) in [6, 6.07) is 5.09. The Labute approximate surface area is 233 Å². The van der Waals surface area contributed by atoms with E-state index >= 15 is 0 Å². The molecule has 0 spiro atoms. The van der Waals surface area contributed by atoms with Crippen molar-refractivity contribution in [2.24, 2.45) is 11.8 Å². The van der Waals surface area contributed by atoms with Crippen LogP contribution in [0.15, 0.2) is 24.5 Å². The van der Waals surface area contributed by atoms with Gasteiger partial charge in [-0.05, 0) is 109 Å². The molecular weight excluding hydrogens is 486 g/mol. The van der Waals surface area contributed by atoms with Crippen molar-refractivity contribution >= 4 is 11.6 Å². The molecule has 0 radical (unpaired) electrons. The highest BCUT2D eigenvalue weighted by Crippen LogP contribution is 2.46. The number of piperidine rings is 2. The van der Waals surface area contributed by atoms with E-state index in [2.05, 4.69) is 45.1 Å². The minimum Gasteiger partial charge on any atom is -0.489 e. The quantitative estimate of drug-likeness (QED) is 0.533. The molecule has 2 aromatic rings. The van der Waals surface area contributed by atoms with Gasteiger partial charge in [-0.2, -0.15) is 5.10 Å². The molecule has 1 atom stereocenters. The molecule has 210 valence electrons. The molecule has 7 heteroatoms. The van der Waals surface area contributed by atoms with Gasteiger partial charge in [0.1, 0.15) is 5.75 Å². The smallest absolute Gasteiger partial charge is 0.230 e. The molecule has 2 saturated heterocycles. The third kappa shape index (κ3) is 5.24. The first-order valence-electron chi connectivity index (χ1n) is 15.8. The first-order chi connectivity index (χ1) is 19.1. The van der Waals surface area contributed by atoms with Crippen molar-refractivity contribution in [3.8, 4) is 16.9 Å². The van der Waals surface area contributed by atoms with E-state index in [4.69, 9.17) is 9.84 Å². The van der Waals surface area contributed by atoms with E-state index in [1.54, 1.807) is 0 Å². The van der Waals surface area contributed by atoms with Crippen LogP contribution in [0.5, 0.6) is 5.75 Å². The highest BCUT2D eigenvalue weighted by atomic mass is 16.5. The molecule has 1 amide bonds. The van der Waals surface area contributed by atoms with Crippen molar-refractivity contribution in [3.05, 3.63) is 30.1 Å². The lowest BCUT2D eigenvalue weighted by molar-refractivity contribution is -0.120. The maximum Gasteiger partial charge on any atom is 0.230 e. The Morgan fingerprint density at radius 3 is 2.54 bits per heavy atom. The molecule has 4 fully saturated rings. The Morgan fingerprint density at radius 1 is 1.03 bits per heavy atom. The number of carbonyl (C=O) groups excluding carboxylic acids is 1. The molecule has 1 aromatic carbocycles. The summed E-state index contributed by atoms with van der Waals surface area (Å²) in [4.78, 5) is 18.0. The summed E-state index contributed by atoms with van der Waals surface area (Å²) < 4.78 is 8.95. The van der Waals surface area contributed by atoms with Crippen LogP contribution >= 0.6 is 0 Å². The van der Waals surface area contributed by atoms with Gasteiger partial charge in [0, 0.05) is 54.5 Å². The lowest BCUT2D eigenvalue weighted by Gasteiger charge is -2.38. The van der Waals surface area contributed by atoms with Crippen LogP contribution in [0.4, 0.5) is 5.69 Å². The van der Waals surface area contributed by atoms with Gasteiger partial charge in [-0.1, -0.05) is 0 Å². The second-order valence-corrected chi connectivity index (χ2v) is 12.9. The molecule has 5 aliphatic rings. The van der Waals surface area contributed by atoms with Crippen LogP contribution in [0.3, 0.4) is 0 Å². The average Bonchev–Trinajstić information content (AvgIpc) is 3.68. The zero-order valence-corrected chi connectivity index (χ0v) is 23.6. The molecule has 39 heavy (non-hydrogen) atoms. The van der Waals surface area contributed by atoms with Crippen molar-refractivity contribution in [2.45, 2.75) is 95.7 Å². The maximum absolute atomic E-state index is 13.3. The van der Waals surface area contributed by atoms with Crippen LogP contribution in [-0.4, -0.2) is 65.5 Å². The summed E-state index contributed by atoms with van der Waals surface area (Å²) in [6.45, 7) is 8.16. The van der Waals surface area contributed by atoms with Gasteiger partial charge in [0.05, 0.1) is 24.0 Å². The van der Waals surface area contributed by atoms with E-state index in [0.29, 0.717) is 18.1 Å². The predicted molar refractivity (Wildman–Crippen MR) is 154 cm³/mol. The number of rotatable bonds is 7. The van der Waals surface area contributed by atoms with Gasteiger partial charge < -0.3 is 19.9 Å². The van der Waals surface area contributed by atoms with Crippen molar-refractivity contribution < 1.29 is 9.53 Å². The highest BCUT2D eigenvalue weighted by Gasteiger charge is 2.39. The molecule has 7 nitrogen and oxygen atoms in total. The standard InChI is InChI=1S/C32H45N5O2/c1-22-5-8-29-30(37(22)32(38)24-6-7-24)10-9-28(31(29)39-27-3-2-4-27)25-19-34-36(21-25)26-13-17-35(18-14-26)20-23-11-15-33-16-12-23/h9-10,19,21-24,26-27,33H,2-8,11-18,20H2,1H3/t22-/m0/s1. The second-order valence-electron chi connectivity index (χ2n) is 12.9. The molecule has 0 unspecified atom stereocenters. The minimum absolute atomic E-state index is 0.221. The number of nitrogens with zero attached hydrogens (tertiary/aromatic N) is 4. The fourth-order valence-electron chi connectivity index (χ4n) is 7.16. The van der Waals surface area contributed by atoms with Crippen molar-refractivity contribution in [1.29, 1.82) is 0 Å². The molecule has 2 aliphatic carbocycles. The van der Waals surface area contributed by atoms with Gasteiger partial charge >= 0.3 is 0 Å². The number of aromatic nitrogens is 2. The molecule has 1 aromatic heterocycles. The number of likely N-dealkylation sites (tertiary alicyclic amines) is 1. The molecule has 2 saturated carbocycles. The zero-order valence-electron chi connectivity index (χ0n) is 23.6. The Bertz CT molecular complexity index is 1170. The molecule has 7 rings (SSSR count). The normalized spacial score (nSPS) is 25.4. The zero-order chi connectivity index (χ0) is 26.3. The van der Waals surface area contributed by atoms with Crippen LogP contribution in [0, 0.1) is 11.8 Å². The highest BCUT2D eigenvalue weighted by molar-refractivity contribution is 5.99. The Morgan fingerprint density at radius 2 is 1.82 bits per heavy atom. The van der Waals surface area contributed by atoms with E-state index in [0.717, 1.165) is 79.8 Å². The van der Waals surface area contributed by atoms with Gasteiger partial charge in [-0.25, -0.2) is 0 Å². The Balaban J connectivity index is 1.11. The van der Waals surface area contributed by atoms with Gasteiger partial charge in [-0.3, -0.25) is 9.48 Å². The Kier molecular flexibility index (Phi) is 7.14. The molecule has 0 bridgehead atoms. The summed E-state index contributed by atoms with van der Waals surface area (Å²) in [5, 5.41) is 8.37. The van der Waals surface area contributed by atoms with Gasteiger partial charge in [0.2, 0.25) is 5.91 Å². The van der Waals surface area contributed by atoms with Crippen LogP contribution in [0.25, 0.3) is 11.1 Å². The summed E-state index contributed by atoms with van der Waals surface area (Å²) in [5.41, 5.74) is 4.59. The molecule has 4 heterocycles. The fourth-order valence-corrected chi connectivity index (χ4v) is 7.16. The summed E-state index contributed by atoms with van der Waals surface area (Å²) in [5.74, 6) is 2.40. The lowest BCUT2D eigenvalue weighted by Crippen LogP contribution is -2.43. The van der Waals surface area contributed by atoms with E-state index in [9.17, 15) is 4.79 Å². The van der Waals surface area contributed by atoms with E-state index in [1.165, 1.54) is 57.5 Å². The third-order valence-electron chi connectivity index (χ3n) is 10.1. The number of amides is 1. The summed E-state index contributed by atoms with van der Waals surface area (Å²) in [7, 11) is 0. The first kappa shape index (κ1) is 25.6. The predicted octanol–water partition coefficient (Wildman–Crippen LogP) is 5.20. The second kappa shape index (κ2) is 10.9. The largest absolute Gasteiger partial charge is 0.489 e. The van der Waals surface area contributed by atoms with Gasteiger partial charge in [0.25, 0.3) is 0 Å². The number of nitrogens with one attached hydrogen (secondary N) is 1. The average molecular weight is 532 g/mol. The van der Waals surface area contributed by atoms with Crippen LogP contribution in [0.1, 0.15) is 82.7 Å². The van der Waals surface area contributed by atoms with Crippen LogP contribution < -0.4 is 15.0 Å². The molecule has 3 aliphatic heterocycles. The van der Waals surface area contributed by atoms with Crippen molar-refractivity contribution in [1.82, 2.24) is 20.0 Å². The fraction of sp³-hybridized carbons (Fsp3) is 0.688. The number of anilines is 1. The first-order valence-corrected chi connectivity index (χ1v) is 15.8. The molecule has 1 N–H and O–H groups in total. The summed E-state index contributed by atoms with van der Waals surface area (Å²) >= 11 is 0. The molecular formula is C32H45N5O2. The number of carbonyl (C=O) groups is 1. The van der Waals surface area contributed by atoms with Gasteiger partial charge in [0.15, 0.2) is 0 Å². The van der Waals surface area contributed by atoms with E-state index in [1.807, 2.05) is 6.20 Å². The lowest BCUT2D eigenvalue weighted by atomic mass is 9.91. The third-order valence-corrected chi connectivity index (χ3v) is 10.1. The number of hydrogen-bond donors (Lipinski definition) is 1. The number of ether oxygens (including phenoxy) is 1. The summed E-state index contributed by atoms with van der Waals surface area (Å²) in [6.07, 6.45) is 17.1. The maximum atomic E-state index is 13.3.